The van der Waals surface area contributed by atoms with Crippen molar-refractivity contribution in [1.82, 2.24) is 20.3 Å². The molecule has 3 aromatic rings. The summed E-state index contributed by atoms with van der Waals surface area (Å²) < 4.78 is 1.65. The van der Waals surface area contributed by atoms with Crippen LogP contribution >= 0.6 is 0 Å². The van der Waals surface area contributed by atoms with Gasteiger partial charge in [0.1, 0.15) is 12.1 Å². The van der Waals surface area contributed by atoms with E-state index in [9.17, 15) is 4.79 Å². The van der Waals surface area contributed by atoms with Gasteiger partial charge in [0.25, 0.3) is 0 Å². The summed E-state index contributed by atoms with van der Waals surface area (Å²) >= 11 is 0. The number of carbonyl (C=O) groups is 1. The molecule has 0 saturated heterocycles. The molecule has 0 unspecified atom stereocenters. The number of amides is 1. The van der Waals surface area contributed by atoms with Crippen LogP contribution in [0.3, 0.4) is 0 Å². The van der Waals surface area contributed by atoms with Crippen molar-refractivity contribution < 1.29 is 4.79 Å². The fourth-order valence-corrected chi connectivity index (χ4v) is 2.52. The smallest absolute Gasteiger partial charge is 0.241 e. The molecule has 23 heavy (non-hydrogen) atoms. The van der Waals surface area contributed by atoms with Crippen molar-refractivity contribution in [2.24, 2.45) is 0 Å². The number of benzene rings is 2. The average molecular weight is 308 g/mol. The molecule has 1 aromatic heterocycles. The Morgan fingerprint density at radius 3 is 2.65 bits per heavy atom. The molecular weight excluding hydrogens is 288 g/mol. The largest absolute Gasteiger partial charge is 0.354 e. The normalized spacial score (nSPS) is 10.9. The van der Waals surface area contributed by atoms with Crippen LogP contribution in [0.4, 0.5) is 0 Å². The summed E-state index contributed by atoms with van der Waals surface area (Å²) in [5.74, 6) is -0.0500. The number of hydrogen-bond acceptors (Lipinski definition) is 3. The quantitative estimate of drug-likeness (QED) is 0.787. The lowest BCUT2D eigenvalue weighted by molar-refractivity contribution is -0.121. The minimum Gasteiger partial charge on any atom is -0.354 e. The SMILES string of the molecule is Cc1cc2nnn(CC(=O)NCCc3ccccc3)c2cc1C. The molecule has 2 aromatic carbocycles. The topological polar surface area (TPSA) is 59.8 Å². The number of hydrogen-bond donors (Lipinski definition) is 1. The van der Waals surface area contributed by atoms with E-state index in [2.05, 4.69) is 27.8 Å². The molecule has 0 aliphatic rings. The van der Waals surface area contributed by atoms with E-state index in [4.69, 9.17) is 0 Å². The molecule has 0 bridgehead atoms. The summed E-state index contributed by atoms with van der Waals surface area (Å²) in [5.41, 5.74) is 5.28. The van der Waals surface area contributed by atoms with Crippen molar-refractivity contribution in [1.29, 1.82) is 0 Å². The molecule has 0 fully saturated rings. The highest BCUT2D eigenvalue weighted by atomic mass is 16.2. The highest BCUT2D eigenvalue weighted by Gasteiger charge is 2.10. The lowest BCUT2D eigenvalue weighted by Gasteiger charge is -2.06. The fourth-order valence-electron chi connectivity index (χ4n) is 2.52. The molecule has 0 spiro atoms. The Balaban J connectivity index is 1.61. The minimum atomic E-state index is -0.0500. The van der Waals surface area contributed by atoms with Gasteiger partial charge in [-0.05, 0) is 49.1 Å². The Labute approximate surface area is 135 Å². The number of nitrogens with one attached hydrogen (secondary N) is 1. The number of carbonyl (C=O) groups excluding carboxylic acids is 1. The van der Waals surface area contributed by atoms with Crippen LogP contribution < -0.4 is 5.32 Å². The molecule has 0 saturated carbocycles. The van der Waals surface area contributed by atoms with Gasteiger partial charge in [-0.3, -0.25) is 4.79 Å². The zero-order valence-electron chi connectivity index (χ0n) is 13.4. The first-order valence-electron chi connectivity index (χ1n) is 7.74. The molecule has 5 nitrogen and oxygen atoms in total. The van der Waals surface area contributed by atoms with E-state index in [1.165, 1.54) is 16.7 Å². The minimum absolute atomic E-state index is 0.0500. The van der Waals surface area contributed by atoms with Crippen LogP contribution in [0.5, 0.6) is 0 Å². The third-order valence-electron chi connectivity index (χ3n) is 4.00. The number of rotatable bonds is 5. The second-order valence-electron chi connectivity index (χ2n) is 5.76. The first-order chi connectivity index (χ1) is 11.1. The van der Waals surface area contributed by atoms with E-state index >= 15 is 0 Å². The fraction of sp³-hybridized carbons (Fsp3) is 0.278. The highest BCUT2D eigenvalue weighted by molar-refractivity contribution is 5.80. The van der Waals surface area contributed by atoms with Crippen molar-refractivity contribution >= 4 is 16.9 Å². The van der Waals surface area contributed by atoms with Crippen molar-refractivity contribution in [2.45, 2.75) is 26.8 Å². The maximum Gasteiger partial charge on any atom is 0.241 e. The molecule has 0 atom stereocenters. The second-order valence-corrected chi connectivity index (χ2v) is 5.76. The van der Waals surface area contributed by atoms with Gasteiger partial charge in [0.15, 0.2) is 0 Å². The average Bonchev–Trinajstić information content (AvgIpc) is 2.91. The van der Waals surface area contributed by atoms with Crippen LogP contribution in [0.15, 0.2) is 42.5 Å². The Morgan fingerprint density at radius 1 is 1.13 bits per heavy atom. The Kier molecular flexibility index (Phi) is 4.37. The van der Waals surface area contributed by atoms with E-state index < -0.39 is 0 Å². The molecule has 1 heterocycles. The van der Waals surface area contributed by atoms with Gasteiger partial charge in [0.2, 0.25) is 5.91 Å². The molecule has 0 aliphatic carbocycles. The van der Waals surface area contributed by atoms with Gasteiger partial charge < -0.3 is 5.32 Å². The van der Waals surface area contributed by atoms with Gasteiger partial charge >= 0.3 is 0 Å². The van der Waals surface area contributed by atoms with Gasteiger partial charge in [-0.15, -0.1) is 5.10 Å². The van der Waals surface area contributed by atoms with Crippen LogP contribution in [-0.4, -0.2) is 27.4 Å². The summed E-state index contributed by atoms with van der Waals surface area (Å²) in [4.78, 5) is 12.1. The zero-order valence-corrected chi connectivity index (χ0v) is 13.4. The summed E-state index contributed by atoms with van der Waals surface area (Å²) in [6.45, 7) is 4.90. The van der Waals surface area contributed by atoms with Gasteiger partial charge in [0, 0.05) is 6.54 Å². The van der Waals surface area contributed by atoms with E-state index in [1.807, 2.05) is 44.2 Å². The predicted octanol–water partition coefficient (Wildman–Crippen LogP) is 2.41. The van der Waals surface area contributed by atoms with Gasteiger partial charge in [-0.25, -0.2) is 4.68 Å². The summed E-state index contributed by atoms with van der Waals surface area (Å²) in [5, 5.41) is 11.2. The van der Waals surface area contributed by atoms with E-state index in [0.717, 1.165) is 17.5 Å². The Hall–Kier alpha value is -2.69. The molecule has 1 amide bonds. The molecule has 3 rings (SSSR count). The number of aromatic nitrogens is 3. The van der Waals surface area contributed by atoms with Crippen LogP contribution in [0.1, 0.15) is 16.7 Å². The molecule has 5 heteroatoms. The molecular formula is C18H20N4O. The third-order valence-corrected chi connectivity index (χ3v) is 4.00. The van der Waals surface area contributed by atoms with Crippen LogP contribution in [-0.2, 0) is 17.8 Å². The van der Waals surface area contributed by atoms with Crippen molar-refractivity contribution in [3.63, 3.8) is 0 Å². The lowest BCUT2D eigenvalue weighted by Crippen LogP contribution is -2.29. The van der Waals surface area contributed by atoms with Crippen molar-refractivity contribution in [2.75, 3.05) is 6.54 Å². The molecule has 0 radical (unpaired) electrons. The van der Waals surface area contributed by atoms with Crippen LogP contribution in [0.25, 0.3) is 11.0 Å². The van der Waals surface area contributed by atoms with Crippen LogP contribution in [0, 0.1) is 13.8 Å². The lowest BCUT2D eigenvalue weighted by atomic mass is 10.1. The summed E-state index contributed by atoms with van der Waals surface area (Å²) in [6, 6.07) is 14.1. The van der Waals surface area contributed by atoms with E-state index in [-0.39, 0.29) is 12.5 Å². The van der Waals surface area contributed by atoms with Gasteiger partial charge in [-0.1, -0.05) is 35.5 Å². The number of fused-ring (bicyclic) bond motifs is 1. The second kappa shape index (κ2) is 6.60. The zero-order chi connectivity index (χ0) is 16.2. The monoisotopic (exact) mass is 308 g/mol. The Bertz CT molecular complexity index is 824. The van der Waals surface area contributed by atoms with Crippen LogP contribution in [0.2, 0.25) is 0 Å². The number of aryl methyl sites for hydroxylation is 2. The van der Waals surface area contributed by atoms with Crippen molar-refractivity contribution in [3.05, 3.63) is 59.2 Å². The highest BCUT2D eigenvalue weighted by Crippen LogP contribution is 2.16. The van der Waals surface area contributed by atoms with E-state index in [0.29, 0.717) is 6.54 Å². The first-order valence-corrected chi connectivity index (χ1v) is 7.74. The predicted molar refractivity (Wildman–Crippen MR) is 90.2 cm³/mol. The summed E-state index contributed by atoms with van der Waals surface area (Å²) in [7, 11) is 0. The van der Waals surface area contributed by atoms with Gasteiger partial charge in [-0.2, -0.15) is 0 Å². The number of nitrogens with zero attached hydrogens (tertiary/aromatic N) is 3. The van der Waals surface area contributed by atoms with E-state index in [1.54, 1.807) is 4.68 Å². The Morgan fingerprint density at radius 2 is 1.87 bits per heavy atom. The van der Waals surface area contributed by atoms with Gasteiger partial charge in [0.05, 0.1) is 5.52 Å². The van der Waals surface area contributed by atoms with Crippen molar-refractivity contribution in [3.8, 4) is 0 Å². The first kappa shape index (κ1) is 15.2. The molecule has 0 aliphatic heterocycles. The standard InChI is InChI=1S/C18H20N4O/c1-13-10-16-17(11-14(13)2)22(21-20-16)12-18(23)19-9-8-15-6-4-3-5-7-15/h3-7,10-11H,8-9,12H2,1-2H3,(H,19,23). The third kappa shape index (κ3) is 3.56. The summed E-state index contributed by atoms with van der Waals surface area (Å²) in [6.07, 6.45) is 0.822. The maximum absolute atomic E-state index is 12.1. The maximum atomic E-state index is 12.1. The molecule has 1 N–H and O–H groups in total. The molecule has 118 valence electrons.